The van der Waals surface area contributed by atoms with Gasteiger partial charge in [0.05, 0.1) is 19.1 Å². The van der Waals surface area contributed by atoms with Gasteiger partial charge in [-0.15, -0.1) is 24.0 Å². The molecule has 1 saturated heterocycles. The van der Waals surface area contributed by atoms with Gasteiger partial charge in [0.25, 0.3) is 0 Å². The monoisotopic (exact) mass is 451 g/mol. The van der Waals surface area contributed by atoms with Crippen LogP contribution in [0.1, 0.15) is 32.3 Å². The Kier molecular flexibility index (Phi) is 9.54. The molecule has 1 aromatic rings. The highest BCUT2D eigenvalue weighted by molar-refractivity contribution is 14.0. The second-order valence-corrected chi connectivity index (χ2v) is 6.12. The van der Waals surface area contributed by atoms with Gasteiger partial charge in [0.1, 0.15) is 0 Å². The molecule has 130 valence electrons. The van der Waals surface area contributed by atoms with Crippen molar-refractivity contribution in [3.8, 4) is 0 Å². The summed E-state index contributed by atoms with van der Waals surface area (Å²) in [6.45, 7) is 7.48. The highest BCUT2D eigenvalue weighted by atomic mass is 127. The second kappa shape index (κ2) is 10.9. The lowest BCUT2D eigenvalue weighted by Crippen LogP contribution is -2.48. The Morgan fingerprint density at radius 2 is 2.35 bits per heavy atom. The zero-order valence-electron chi connectivity index (χ0n) is 13.8. The highest BCUT2D eigenvalue weighted by Crippen LogP contribution is 2.18. The third kappa shape index (κ3) is 6.29. The van der Waals surface area contributed by atoms with Gasteiger partial charge in [0.2, 0.25) is 0 Å². The number of thiophene rings is 1. The predicted molar refractivity (Wildman–Crippen MR) is 105 cm³/mol. The number of halogens is 1. The average molecular weight is 451 g/mol. The molecule has 0 aromatic carbocycles. The van der Waals surface area contributed by atoms with E-state index in [0.29, 0.717) is 19.7 Å². The molecule has 1 aliphatic rings. The van der Waals surface area contributed by atoms with Crippen molar-refractivity contribution in [2.24, 2.45) is 10.9 Å². The maximum absolute atomic E-state index is 12.0. The van der Waals surface area contributed by atoms with Crippen LogP contribution in [0.15, 0.2) is 21.8 Å². The third-order valence-corrected chi connectivity index (χ3v) is 4.40. The van der Waals surface area contributed by atoms with Crippen LogP contribution in [0.25, 0.3) is 0 Å². The zero-order valence-corrected chi connectivity index (χ0v) is 16.9. The van der Waals surface area contributed by atoms with E-state index in [0.717, 1.165) is 31.9 Å². The minimum atomic E-state index is -0.0825. The molecule has 0 aliphatic carbocycles. The lowest BCUT2D eigenvalue weighted by molar-refractivity contribution is -0.149. The number of hydrogen-bond acceptors (Lipinski definition) is 4. The number of carbonyl (C=O) groups is 1. The Balaban J connectivity index is 0.00000264. The van der Waals surface area contributed by atoms with Crippen molar-refractivity contribution in [3.05, 3.63) is 22.4 Å². The van der Waals surface area contributed by atoms with E-state index < -0.39 is 0 Å². The smallest absolute Gasteiger partial charge is 0.310 e. The number of likely N-dealkylation sites (tertiary alicyclic amines) is 1. The number of nitrogens with one attached hydrogen (secondary N) is 1. The minimum absolute atomic E-state index is 0. The molecule has 1 aromatic heterocycles. The Morgan fingerprint density at radius 1 is 1.52 bits per heavy atom. The highest BCUT2D eigenvalue weighted by Gasteiger charge is 2.28. The first-order valence-corrected chi connectivity index (χ1v) is 8.89. The average Bonchev–Trinajstić information content (AvgIpc) is 3.05. The van der Waals surface area contributed by atoms with Crippen molar-refractivity contribution >= 4 is 47.2 Å². The topological polar surface area (TPSA) is 53.9 Å². The predicted octanol–water partition coefficient (Wildman–Crippen LogP) is 3.11. The number of nitrogens with zero attached hydrogens (tertiary/aromatic N) is 2. The van der Waals surface area contributed by atoms with E-state index in [9.17, 15) is 4.79 Å². The van der Waals surface area contributed by atoms with Crippen molar-refractivity contribution in [1.82, 2.24) is 10.2 Å². The van der Waals surface area contributed by atoms with Gasteiger partial charge in [0, 0.05) is 19.6 Å². The standard InChI is InChI=1S/C16H25N3O2S.HI/c1-3-17-16(18-10-13-7-9-22-12-13)19-8-5-6-14(11-19)15(20)21-4-2;/h7,9,12,14H,3-6,8,10-11H2,1-2H3,(H,17,18);1H. The SMILES string of the molecule is CCNC(=NCc1ccsc1)N1CCCC(C(=O)OCC)C1.I. The molecule has 2 rings (SSSR count). The second-order valence-electron chi connectivity index (χ2n) is 5.34. The fraction of sp³-hybridized carbons (Fsp3) is 0.625. The van der Waals surface area contributed by atoms with Crippen molar-refractivity contribution in [3.63, 3.8) is 0 Å². The first-order chi connectivity index (χ1) is 10.7. The van der Waals surface area contributed by atoms with E-state index in [1.54, 1.807) is 11.3 Å². The van der Waals surface area contributed by atoms with Gasteiger partial charge in [-0.3, -0.25) is 4.79 Å². The van der Waals surface area contributed by atoms with Crippen LogP contribution in [0.4, 0.5) is 0 Å². The molecule has 1 fully saturated rings. The van der Waals surface area contributed by atoms with Crippen molar-refractivity contribution < 1.29 is 9.53 Å². The van der Waals surface area contributed by atoms with Gasteiger partial charge >= 0.3 is 5.97 Å². The van der Waals surface area contributed by atoms with Crippen LogP contribution in [-0.4, -0.2) is 43.1 Å². The molecular weight excluding hydrogens is 425 g/mol. The van der Waals surface area contributed by atoms with E-state index in [-0.39, 0.29) is 35.9 Å². The van der Waals surface area contributed by atoms with Gasteiger partial charge in [-0.1, -0.05) is 0 Å². The summed E-state index contributed by atoms with van der Waals surface area (Å²) in [5, 5.41) is 7.51. The summed E-state index contributed by atoms with van der Waals surface area (Å²) in [6, 6.07) is 2.09. The lowest BCUT2D eigenvalue weighted by atomic mass is 9.98. The Bertz CT molecular complexity index is 494. The van der Waals surface area contributed by atoms with Gasteiger partial charge in [-0.05, 0) is 49.1 Å². The van der Waals surface area contributed by atoms with Crippen LogP contribution in [0.5, 0.6) is 0 Å². The number of carbonyl (C=O) groups excluding carboxylic acids is 1. The van der Waals surface area contributed by atoms with E-state index in [4.69, 9.17) is 9.73 Å². The molecule has 7 heteroatoms. The molecule has 23 heavy (non-hydrogen) atoms. The molecule has 2 heterocycles. The Labute approximate surface area is 159 Å². The summed E-state index contributed by atoms with van der Waals surface area (Å²) in [4.78, 5) is 18.8. The number of ether oxygens (including phenoxy) is 1. The summed E-state index contributed by atoms with van der Waals surface area (Å²) in [7, 11) is 0. The maximum Gasteiger partial charge on any atom is 0.310 e. The van der Waals surface area contributed by atoms with Crippen molar-refractivity contribution in [1.29, 1.82) is 0 Å². The van der Waals surface area contributed by atoms with Gasteiger partial charge in [0.15, 0.2) is 5.96 Å². The zero-order chi connectivity index (χ0) is 15.8. The summed E-state index contributed by atoms with van der Waals surface area (Å²) < 4.78 is 5.16. The summed E-state index contributed by atoms with van der Waals surface area (Å²) in [5.74, 6) is 0.766. The molecule has 1 N–H and O–H groups in total. The van der Waals surface area contributed by atoms with E-state index >= 15 is 0 Å². The number of rotatable bonds is 5. The number of aliphatic imine (C=N–C) groups is 1. The quantitative estimate of drug-likeness (QED) is 0.324. The molecule has 1 atom stereocenters. The molecule has 0 saturated carbocycles. The molecule has 1 unspecified atom stereocenters. The fourth-order valence-corrected chi connectivity index (χ4v) is 3.26. The molecule has 0 bridgehead atoms. The van der Waals surface area contributed by atoms with Crippen LogP contribution in [0.3, 0.4) is 0 Å². The molecule has 5 nitrogen and oxygen atoms in total. The first kappa shape index (κ1) is 20.2. The molecule has 0 spiro atoms. The number of esters is 1. The van der Waals surface area contributed by atoms with Crippen LogP contribution in [0.2, 0.25) is 0 Å². The van der Waals surface area contributed by atoms with Gasteiger partial charge in [-0.25, -0.2) is 4.99 Å². The van der Waals surface area contributed by atoms with E-state index in [2.05, 4.69) is 34.0 Å². The molecule has 1 aliphatic heterocycles. The van der Waals surface area contributed by atoms with Crippen LogP contribution in [-0.2, 0) is 16.1 Å². The normalized spacial score (nSPS) is 18.3. The Hall–Kier alpha value is -0.830. The lowest BCUT2D eigenvalue weighted by Gasteiger charge is -2.34. The van der Waals surface area contributed by atoms with E-state index in [1.807, 2.05) is 6.92 Å². The van der Waals surface area contributed by atoms with Gasteiger partial charge < -0.3 is 15.0 Å². The Morgan fingerprint density at radius 3 is 3.00 bits per heavy atom. The number of piperidine rings is 1. The number of guanidine groups is 1. The fourth-order valence-electron chi connectivity index (χ4n) is 2.60. The van der Waals surface area contributed by atoms with E-state index in [1.165, 1.54) is 5.56 Å². The summed E-state index contributed by atoms with van der Waals surface area (Å²) >= 11 is 1.69. The van der Waals surface area contributed by atoms with Crippen molar-refractivity contribution in [2.75, 3.05) is 26.2 Å². The molecular formula is C16H26IN3O2S. The summed E-state index contributed by atoms with van der Waals surface area (Å²) in [6.07, 6.45) is 1.89. The van der Waals surface area contributed by atoms with Crippen LogP contribution in [0, 0.1) is 5.92 Å². The largest absolute Gasteiger partial charge is 0.466 e. The first-order valence-electron chi connectivity index (χ1n) is 7.95. The third-order valence-electron chi connectivity index (χ3n) is 3.67. The summed E-state index contributed by atoms with van der Waals surface area (Å²) in [5.41, 5.74) is 1.22. The molecule has 0 radical (unpaired) electrons. The van der Waals surface area contributed by atoms with Crippen molar-refractivity contribution in [2.45, 2.75) is 33.2 Å². The van der Waals surface area contributed by atoms with Crippen LogP contribution >= 0.6 is 35.3 Å². The minimum Gasteiger partial charge on any atom is -0.466 e. The van der Waals surface area contributed by atoms with Gasteiger partial charge in [-0.2, -0.15) is 11.3 Å². The molecule has 0 amide bonds. The number of hydrogen-bond donors (Lipinski definition) is 1. The maximum atomic E-state index is 12.0. The van der Waals surface area contributed by atoms with Crippen LogP contribution < -0.4 is 5.32 Å².